The fraction of sp³-hybridized carbons (Fsp3) is 0.158. The first kappa shape index (κ1) is 17.9. The second-order valence-electron chi connectivity index (χ2n) is 5.59. The van der Waals surface area contributed by atoms with E-state index >= 15 is 0 Å². The van der Waals surface area contributed by atoms with Crippen LogP contribution in [0.3, 0.4) is 0 Å². The summed E-state index contributed by atoms with van der Waals surface area (Å²) < 4.78 is 32.6. The lowest BCUT2D eigenvalue weighted by Gasteiger charge is -2.12. The van der Waals surface area contributed by atoms with Crippen LogP contribution < -0.4 is 0 Å². The summed E-state index contributed by atoms with van der Waals surface area (Å²) in [6.07, 6.45) is 2.83. The number of aryl methyl sites for hydroxylation is 1. The third-order valence-electron chi connectivity index (χ3n) is 3.86. The van der Waals surface area contributed by atoms with Gasteiger partial charge in [-0.15, -0.1) is 0 Å². The van der Waals surface area contributed by atoms with E-state index in [0.717, 1.165) is 3.97 Å². The highest BCUT2D eigenvalue weighted by Gasteiger charge is 2.25. The summed E-state index contributed by atoms with van der Waals surface area (Å²) in [6, 6.07) is 13.6. The number of pyridine rings is 1. The molecule has 3 rings (SSSR count). The molecule has 0 unspecified atom stereocenters. The van der Waals surface area contributed by atoms with Crippen LogP contribution in [0, 0.1) is 6.92 Å². The Morgan fingerprint density at radius 3 is 2.54 bits per heavy atom. The van der Waals surface area contributed by atoms with Crippen molar-refractivity contribution in [1.29, 1.82) is 0 Å². The molecule has 0 bridgehead atoms. The zero-order valence-electron chi connectivity index (χ0n) is 14.4. The molecule has 0 aliphatic carbocycles. The quantitative estimate of drug-likeness (QED) is 0.644. The van der Waals surface area contributed by atoms with Crippen molar-refractivity contribution in [2.24, 2.45) is 0 Å². The molecule has 26 heavy (non-hydrogen) atoms. The fourth-order valence-electron chi connectivity index (χ4n) is 2.64. The minimum Gasteiger partial charge on any atom is -0.462 e. The monoisotopic (exact) mass is 370 g/mol. The molecule has 6 nitrogen and oxygen atoms in total. The maximum Gasteiger partial charge on any atom is 0.339 e. The first-order valence-electron chi connectivity index (χ1n) is 8.07. The molecule has 2 heterocycles. The molecule has 0 atom stereocenters. The molecule has 0 radical (unpaired) electrons. The Hall–Kier alpha value is -2.93. The molecule has 0 saturated carbocycles. The van der Waals surface area contributed by atoms with Crippen LogP contribution in [0.25, 0.3) is 11.3 Å². The van der Waals surface area contributed by atoms with E-state index in [1.165, 1.54) is 24.5 Å². The van der Waals surface area contributed by atoms with E-state index in [-0.39, 0.29) is 17.1 Å². The molecule has 1 aromatic carbocycles. The van der Waals surface area contributed by atoms with Crippen LogP contribution in [-0.4, -0.2) is 30.0 Å². The molecule has 0 N–H and O–H groups in total. The summed E-state index contributed by atoms with van der Waals surface area (Å²) in [5.41, 5.74) is 1.62. The van der Waals surface area contributed by atoms with Gasteiger partial charge in [0.1, 0.15) is 4.90 Å². The zero-order chi connectivity index (χ0) is 18.7. The summed E-state index contributed by atoms with van der Waals surface area (Å²) in [7, 11) is -3.93. The summed E-state index contributed by atoms with van der Waals surface area (Å²) in [4.78, 5) is 16.3. The van der Waals surface area contributed by atoms with Crippen molar-refractivity contribution in [3.63, 3.8) is 0 Å². The highest BCUT2D eigenvalue weighted by atomic mass is 32.2. The topological polar surface area (TPSA) is 78.3 Å². The Labute approximate surface area is 152 Å². The van der Waals surface area contributed by atoms with Gasteiger partial charge in [-0.2, -0.15) is 0 Å². The summed E-state index contributed by atoms with van der Waals surface area (Å²) >= 11 is 0. The molecule has 134 valence electrons. The van der Waals surface area contributed by atoms with Crippen LogP contribution in [0.4, 0.5) is 0 Å². The third-order valence-corrected chi connectivity index (χ3v) is 5.67. The highest BCUT2D eigenvalue weighted by molar-refractivity contribution is 7.90. The normalized spacial score (nSPS) is 11.3. The number of carbonyl (C=O) groups excluding carboxylic acids is 1. The minimum absolute atomic E-state index is 0.0863. The number of aromatic nitrogens is 2. The van der Waals surface area contributed by atoms with E-state index in [1.54, 1.807) is 44.2 Å². The van der Waals surface area contributed by atoms with Gasteiger partial charge in [0.05, 0.1) is 23.6 Å². The van der Waals surface area contributed by atoms with Gasteiger partial charge < -0.3 is 4.74 Å². The molecular formula is C19H18N2O4S. The van der Waals surface area contributed by atoms with Crippen molar-refractivity contribution >= 4 is 16.0 Å². The SMILES string of the molecule is CCOC(=O)c1cc(-c2ccccc2)n(S(=O)(=O)c2cccnc2C)c1. The Balaban J connectivity index is 2.23. The average Bonchev–Trinajstić information content (AvgIpc) is 3.09. The van der Waals surface area contributed by atoms with E-state index in [4.69, 9.17) is 4.74 Å². The molecule has 0 spiro atoms. The molecule has 0 aliphatic rings. The van der Waals surface area contributed by atoms with Crippen LogP contribution in [0.2, 0.25) is 0 Å². The van der Waals surface area contributed by atoms with Crippen LogP contribution in [0.5, 0.6) is 0 Å². The van der Waals surface area contributed by atoms with Gasteiger partial charge in [-0.3, -0.25) is 4.98 Å². The molecule has 2 aromatic heterocycles. The predicted molar refractivity (Wildman–Crippen MR) is 97.4 cm³/mol. The first-order valence-corrected chi connectivity index (χ1v) is 9.51. The summed E-state index contributed by atoms with van der Waals surface area (Å²) in [6.45, 7) is 3.53. The minimum atomic E-state index is -3.93. The van der Waals surface area contributed by atoms with Gasteiger partial charge in [0.15, 0.2) is 0 Å². The lowest BCUT2D eigenvalue weighted by atomic mass is 10.1. The fourth-order valence-corrected chi connectivity index (χ4v) is 4.19. The summed E-state index contributed by atoms with van der Waals surface area (Å²) in [5.74, 6) is -0.568. The lowest BCUT2D eigenvalue weighted by molar-refractivity contribution is 0.0526. The number of carbonyl (C=O) groups is 1. The smallest absolute Gasteiger partial charge is 0.339 e. The van der Waals surface area contributed by atoms with E-state index in [1.807, 2.05) is 6.07 Å². The third kappa shape index (κ3) is 3.25. The predicted octanol–water partition coefficient (Wildman–Crippen LogP) is 3.27. The average molecular weight is 370 g/mol. The Kier molecular flexibility index (Phi) is 4.90. The maximum absolute atomic E-state index is 13.2. The second-order valence-corrected chi connectivity index (χ2v) is 7.37. The molecular weight excluding hydrogens is 352 g/mol. The number of hydrogen-bond donors (Lipinski definition) is 0. The number of ether oxygens (including phenoxy) is 1. The van der Waals surface area contributed by atoms with Crippen molar-refractivity contribution in [1.82, 2.24) is 8.96 Å². The molecule has 0 amide bonds. The molecule has 0 saturated heterocycles. The van der Waals surface area contributed by atoms with Gasteiger partial charge in [0, 0.05) is 12.4 Å². The molecule has 0 fully saturated rings. The lowest BCUT2D eigenvalue weighted by Crippen LogP contribution is -2.15. The number of benzene rings is 1. The van der Waals surface area contributed by atoms with Gasteiger partial charge >= 0.3 is 5.97 Å². The highest BCUT2D eigenvalue weighted by Crippen LogP contribution is 2.28. The van der Waals surface area contributed by atoms with Gasteiger partial charge in [0.2, 0.25) is 0 Å². The van der Waals surface area contributed by atoms with E-state index < -0.39 is 16.0 Å². The van der Waals surface area contributed by atoms with Crippen LogP contribution in [0.1, 0.15) is 23.0 Å². The van der Waals surface area contributed by atoms with Gasteiger partial charge in [-0.1, -0.05) is 30.3 Å². The van der Waals surface area contributed by atoms with Crippen LogP contribution in [-0.2, 0) is 14.8 Å². The zero-order valence-corrected chi connectivity index (χ0v) is 15.2. The summed E-state index contributed by atoms with van der Waals surface area (Å²) in [5, 5.41) is 0. The molecule has 0 aliphatic heterocycles. The number of hydrogen-bond acceptors (Lipinski definition) is 5. The van der Waals surface area contributed by atoms with Crippen molar-refractivity contribution in [2.45, 2.75) is 18.7 Å². The van der Waals surface area contributed by atoms with Gasteiger partial charge in [-0.25, -0.2) is 17.2 Å². The van der Waals surface area contributed by atoms with Crippen LogP contribution in [0.15, 0.2) is 65.8 Å². The number of esters is 1. The standard InChI is InChI=1S/C19H18N2O4S/c1-3-25-19(22)16-12-17(15-8-5-4-6-9-15)21(13-16)26(23,24)18-10-7-11-20-14(18)2/h4-13H,3H2,1-2H3. The number of nitrogens with zero attached hydrogens (tertiary/aromatic N) is 2. The van der Waals surface area contributed by atoms with E-state index in [9.17, 15) is 13.2 Å². The van der Waals surface area contributed by atoms with E-state index in [0.29, 0.717) is 17.0 Å². The maximum atomic E-state index is 13.2. The van der Waals surface area contributed by atoms with Crippen LogP contribution >= 0.6 is 0 Å². The van der Waals surface area contributed by atoms with Crippen molar-refractivity contribution < 1.29 is 17.9 Å². The van der Waals surface area contributed by atoms with Gasteiger partial charge in [0.25, 0.3) is 10.0 Å². The Morgan fingerprint density at radius 1 is 1.15 bits per heavy atom. The Morgan fingerprint density at radius 2 is 1.88 bits per heavy atom. The first-order chi connectivity index (χ1) is 12.4. The second kappa shape index (κ2) is 7.13. The molecule has 3 aromatic rings. The Bertz CT molecular complexity index is 1040. The van der Waals surface area contributed by atoms with E-state index in [2.05, 4.69) is 4.98 Å². The van der Waals surface area contributed by atoms with Gasteiger partial charge in [-0.05, 0) is 37.6 Å². The molecule has 7 heteroatoms. The number of rotatable bonds is 5. The van der Waals surface area contributed by atoms with Crippen molar-refractivity contribution in [3.05, 3.63) is 72.2 Å². The largest absolute Gasteiger partial charge is 0.462 e. The van der Waals surface area contributed by atoms with Crippen molar-refractivity contribution in [3.8, 4) is 11.3 Å². The van der Waals surface area contributed by atoms with Crippen molar-refractivity contribution in [2.75, 3.05) is 6.61 Å².